The van der Waals surface area contributed by atoms with Gasteiger partial charge in [0.05, 0.1) is 33.9 Å². The molecular formula is C25H21ClFN3O3S. The molecule has 0 fully saturated rings. The summed E-state index contributed by atoms with van der Waals surface area (Å²) in [4.78, 5) is 25.3. The van der Waals surface area contributed by atoms with Crippen molar-refractivity contribution in [2.75, 3.05) is 17.7 Å². The summed E-state index contributed by atoms with van der Waals surface area (Å²) in [7, 11) is 0. The zero-order valence-corrected chi connectivity index (χ0v) is 19.8. The van der Waals surface area contributed by atoms with Gasteiger partial charge in [-0.15, -0.1) is 0 Å². The molecule has 174 valence electrons. The smallest absolute Gasteiger partial charge is 0.337 e. The van der Waals surface area contributed by atoms with Gasteiger partial charge in [-0.2, -0.15) is 5.26 Å². The van der Waals surface area contributed by atoms with Gasteiger partial charge in [0.1, 0.15) is 12.4 Å². The third kappa shape index (κ3) is 6.07. The number of allylic oxidation sites excluding steroid dienone is 2. The topological polar surface area (TPSA) is 91.2 Å². The SMILES string of the molecule is C=CCOC(=O)C1=C(C)NC(SCC(=O)Nc2ccc(F)cc2)=C(C#N)C1c1ccc(Cl)cc1. The number of anilines is 1. The van der Waals surface area contributed by atoms with E-state index in [1.807, 2.05) is 0 Å². The number of carbonyl (C=O) groups is 2. The Kier molecular flexibility index (Phi) is 8.52. The van der Waals surface area contributed by atoms with Gasteiger partial charge in [0.15, 0.2) is 0 Å². The van der Waals surface area contributed by atoms with E-state index < -0.39 is 17.7 Å². The molecule has 2 aromatic rings. The molecule has 1 unspecified atom stereocenters. The van der Waals surface area contributed by atoms with Gasteiger partial charge in [0, 0.05) is 16.4 Å². The number of hydrogen-bond donors (Lipinski definition) is 2. The van der Waals surface area contributed by atoms with Gasteiger partial charge in [-0.3, -0.25) is 4.79 Å². The Labute approximate surface area is 206 Å². The maximum Gasteiger partial charge on any atom is 0.337 e. The number of halogens is 2. The maximum absolute atomic E-state index is 13.1. The number of nitrogens with zero attached hydrogens (tertiary/aromatic N) is 1. The van der Waals surface area contributed by atoms with Crippen molar-refractivity contribution in [3.8, 4) is 6.07 Å². The normalized spacial score (nSPS) is 15.3. The van der Waals surface area contributed by atoms with Crippen molar-refractivity contribution in [1.29, 1.82) is 5.26 Å². The van der Waals surface area contributed by atoms with Crippen LogP contribution in [0.4, 0.5) is 10.1 Å². The summed E-state index contributed by atoms with van der Waals surface area (Å²) < 4.78 is 18.3. The molecule has 0 saturated heterocycles. The number of hydrogen-bond acceptors (Lipinski definition) is 6. The van der Waals surface area contributed by atoms with Crippen molar-refractivity contribution in [2.24, 2.45) is 0 Å². The number of amides is 1. The molecule has 0 spiro atoms. The van der Waals surface area contributed by atoms with Gasteiger partial charge >= 0.3 is 5.97 Å². The van der Waals surface area contributed by atoms with Gasteiger partial charge in [0.2, 0.25) is 5.91 Å². The predicted octanol–water partition coefficient (Wildman–Crippen LogP) is 5.28. The van der Waals surface area contributed by atoms with E-state index in [1.165, 1.54) is 30.3 Å². The summed E-state index contributed by atoms with van der Waals surface area (Å²) in [6, 6.07) is 14.5. The van der Waals surface area contributed by atoms with Crippen LogP contribution in [0.25, 0.3) is 0 Å². The largest absolute Gasteiger partial charge is 0.458 e. The van der Waals surface area contributed by atoms with Crippen molar-refractivity contribution < 1.29 is 18.7 Å². The highest BCUT2D eigenvalue weighted by molar-refractivity contribution is 8.03. The van der Waals surface area contributed by atoms with Gasteiger partial charge in [-0.1, -0.05) is 48.2 Å². The van der Waals surface area contributed by atoms with E-state index in [-0.39, 0.29) is 23.8 Å². The molecule has 34 heavy (non-hydrogen) atoms. The van der Waals surface area contributed by atoms with E-state index in [0.717, 1.165) is 11.8 Å². The second kappa shape index (κ2) is 11.5. The number of ether oxygens (including phenoxy) is 1. The highest BCUT2D eigenvalue weighted by atomic mass is 35.5. The van der Waals surface area contributed by atoms with Crippen LogP contribution in [0, 0.1) is 17.1 Å². The summed E-state index contributed by atoms with van der Waals surface area (Å²) in [5, 5.41) is 16.8. The van der Waals surface area contributed by atoms with Crippen molar-refractivity contribution in [3.63, 3.8) is 0 Å². The highest BCUT2D eigenvalue weighted by Gasteiger charge is 2.35. The van der Waals surface area contributed by atoms with Gasteiger partial charge < -0.3 is 15.4 Å². The second-order valence-electron chi connectivity index (χ2n) is 7.23. The lowest BCUT2D eigenvalue weighted by Crippen LogP contribution is -2.29. The number of thioether (sulfide) groups is 1. The van der Waals surface area contributed by atoms with Crippen molar-refractivity contribution in [2.45, 2.75) is 12.8 Å². The molecule has 1 heterocycles. The first kappa shape index (κ1) is 25.1. The average molecular weight is 498 g/mol. The molecule has 1 aliphatic rings. The molecule has 2 N–H and O–H groups in total. The Bertz CT molecular complexity index is 1200. The van der Waals surface area contributed by atoms with Crippen LogP contribution in [-0.2, 0) is 14.3 Å². The van der Waals surface area contributed by atoms with E-state index in [0.29, 0.717) is 32.6 Å². The molecule has 6 nitrogen and oxygen atoms in total. The standard InChI is InChI=1S/C25H21ClFN3O3S/c1-3-12-33-25(32)22-15(2)29-24(20(13-28)23(22)16-4-6-17(26)7-5-16)34-14-21(31)30-19-10-8-18(27)9-11-19/h3-11,23,29H,1,12,14H2,2H3,(H,30,31). The van der Waals surface area contributed by atoms with Crippen LogP contribution in [0.15, 0.2) is 83.1 Å². The van der Waals surface area contributed by atoms with Crippen molar-refractivity contribution in [1.82, 2.24) is 5.32 Å². The Morgan fingerprint density at radius 2 is 1.94 bits per heavy atom. The monoisotopic (exact) mass is 497 g/mol. The molecule has 0 saturated carbocycles. The molecule has 1 atom stereocenters. The first-order valence-corrected chi connectivity index (χ1v) is 11.5. The quantitative estimate of drug-likeness (QED) is 0.381. The van der Waals surface area contributed by atoms with Crippen LogP contribution < -0.4 is 10.6 Å². The molecule has 0 aliphatic carbocycles. The van der Waals surface area contributed by atoms with E-state index in [4.69, 9.17) is 16.3 Å². The fourth-order valence-corrected chi connectivity index (χ4v) is 4.38. The van der Waals surface area contributed by atoms with Crippen LogP contribution >= 0.6 is 23.4 Å². The summed E-state index contributed by atoms with van der Waals surface area (Å²) in [6.07, 6.45) is 1.46. The lowest BCUT2D eigenvalue weighted by atomic mass is 9.82. The Morgan fingerprint density at radius 3 is 2.56 bits per heavy atom. The fraction of sp³-hybridized carbons (Fsp3) is 0.160. The van der Waals surface area contributed by atoms with Gasteiger partial charge in [-0.05, 0) is 48.9 Å². The van der Waals surface area contributed by atoms with Crippen LogP contribution in [0.5, 0.6) is 0 Å². The van der Waals surface area contributed by atoms with Crippen LogP contribution in [-0.4, -0.2) is 24.2 Å². The maximum atomic E-state index is 13.1. The van der Waals surface area contributed by atoms with E-state index in [1.54, 1.807) is 31.2 Å². The third-order valence-electron chi connectivity index (χ3n) is 4.88. The van der Waals surface area contributed by atoms with Gasteiger partial charge in [-0.25, -0.2) is 9.18 Å². The molecule has 3 rings (SSSR count). The Hall–Kier alpha value is -3.54. The molecular weight excluding hydrogens is 477 g/mol. The van der Waals surface area contributed by atoms with E-state index >= 15 is 0 Å². The number of carbonyl (C=O) groups excluding carboxylic acids is 2. The van der Waals surface area contributed by atoms with Crippen LogP contribution in [0.2, 0.25) is 5.02 Å². The zero-order chi connectivity index (χ0) is 24.7. The number of nitrogens with one attached hydrogen (secondary N) is 2. The number of nitriles is 1. The number of dihydropyridines is 1. The second-order valence-corrected chi connectivity index (χ2v) is 8.66. The highest BCUT2D eigenvalue weighted by Crippen LogP contribution is 2.41. The van der Waals surface area contributed by atoms with E-state index in [9.17, 15) is 19.2 Å². The number of benzene rings is 2. The van der Waals surface area contributed by atoms with Crippen LogP contribution in [0.1, 0.15) is 18.4 Å². The van der Waals surface area contributed by atoms with Gasteiger partial charge in [0.25, 0.3) is 0 Å². The number of rotatable bonds is 8. The molecule has 0 aromatic heterocycles. The third-order valence-corrected chi connectivity index (χ3v) is 6.15. The summed E-state index contributed by atoms with van der Waals surface area (Å²) in [5.74, 6) is -2.02. The summed E-state index contributed by atoms with van der Waals surface area (Å²) in [5.41, 5.74) is 2.22. The van der Waals surface area contributed by atoms with Crippen molar-refractivity contribution in [3.05, 3.63) is 99.5 Å². The predicted molar refractivity (Wildman–Crippen MR) is 131 cm³/mol. The number of esters is 1. The summed E-state index contributed by atoms with van der Waals surface area (Å²) in [6.45, 7) is 5.29. The molecule has 2 aromatic carbocycles. The summed E-state index contributed by atoms with van der Waals surface area (Å²) >= 11 is 7.16. The lowest BCUT2D eigenvalue weighted by Gasteiger charge is -2.29. The fourth-order valence-electron chi connectivity index (χ4n) is 3.37. The van der Waals surface area contributed by atoms with Crippen LogP contribution in [0.3, 0.4) is 0 Å². The Morgan fingerprint density at radius 1 is 1.26 bits per heavy atom. The average Bonchev–Trinajstić information content (AvgIpc) is 2.82. The lowest BCUT2D eigenvalue weighted by molar-refractivity contribution is -0.138. The molecule has 1 aliphatic heterocycles. The molecule has 0 radical (unpaired) electrons. The van der Waals surface area contributed by atoms with Crippen molar-refractivity contribution >= 4 is 40.9 Å². The first-order chi connectivity index (χ1) is 16.3. The first-order valence-electron chi connectivity index (χ1n) is 10.2. The Balaban J connectivity index is 1.88. The molecule has 0 bridgehead atoms. The minimum Gasteiger partial charge on any atom is -0.458 e. The molecule has 9 heteroatoms. The van der Waals surface area contributed by atoms with E-state index in [2.05, 4.69) is 23.3 Å². The zero-order valence-electron chi connectivity index (χ0n) is 18.2. The minimum absolute atomic E-state index is 0.0122. The minimum atomic E-state index is -0.705. The molecule has 1 amide bonds.